The molecule has 1 aromatic heterocycles. The summed E-state index contributed by atoms with van der Waals surface area (Å²) in [6, 6.07) is 14.9. The average molecular weight is 484 g/mol. The zero-order chi connectivity index (χ0) is 22.5. The third-order valence-electron chi connectivity index (χ3n) is 4.45. The van der Waals surface area contributed by atoms with E-state index in [0.29, 0.717) is 0 Å². The van der Waals surface area contributed by atoms with Gasteiger partial charge in [0.25, 0.3) is 5.69 Å². The van der Waals surface area contributed by atoms with E-state index in [4.69, 9.17) is 0 Å². The third kappa shape index (κ3) is 5.23. The number of aromatic nitrogens is 1. The van der Waals surface area contributed by atoms with Gasteiger partial charge in [-0.15, -0.1) is 0 Å². The highest BCUT2D eigenvalue weighted by Gasteiger charge is 2.14. The lowest BCUT2D eigenvalue weighted by atomic mass is 10.2. The van der Waals surface area contributed by atoms with E-state index in [0.717, 1.165) is 27.1 Å². The van der Waals surface area contributed by atoms with Gasteiger partial charge in [0.2, 0.25) is 0 Å². The summed E-state index contributed by atoms with van der Waals surface area (Å²) in [5, 5.41) is 16.9. The van der Waals surface area contributed by atoms with Gasteiger partial charge in [0, 0.05) is 44.9 Å². The first-order valence-corrected chi connectivity index (χ1v) is 9.89. The number of halogens is 1. The molecule has 0 unspecified atom stereocenters. The molecule has 0 spiro atoms. The molecule has 0 aliphatic heterocycles. The SMILES string of the molecule is Cc1cc(/C=N/NC(=O)C(=O)Nc2ccc([N+](=O)[O-])cc2)c(C)n1-c1cccc(Br)c1. The van der Waals surface area contributed by atoms with Crippen LogP contribution < -0.4 is 10.7 Å². The maximum atomic E-state index is 12.0. The monoisotopic (exact) mass is 483 g/mol. The Morgan fingerprint density at radius 1 is 1.10 bits per heavy atom. The van der Waals surface area contributed by atoms with Crippen molar-refractivity contribution in [1.82, 2.24) is 9.99 Å². The number of nitrogens with zero attached hydrogens (tertiary/aromatic N) is 3. The van der Waals surface area contributed by atoms with Crippen molar-refractivity contribution in [2.24, 2.45) is 5.10 Å². The van der Waals surface area contributed by atoms with E-state index in [1.165, 1.54) is 30.5 Å². The van der Waals surface area contributed by atoms with Gasteiger partial charge >= 0.3 is 11.8 Å². The molecule has 0 saturated heterocycles. The van der Waals surface area contributed by atoms with Gasteiger partial charge < -0.3 is 9.88 Å². The first kappa shape index (κ1) is 21.9. The normalized spacial score (nSPS) is 10.8. The number of carbonyl (C=O) groups is 2. The molecule has 2 aromatic carbocycles. The Labute approximate surface area is 186 Å². The molecule has 0 saturated carbocycles. The van der Waals surface area contributed by atoms with Crippen molar-refractivity contribution in [3.63, 3.8) is 0 Å². The predicted molar refractivity (Wildman–Crippen MR) is 120 cm³/mol. The van der Waals surface area contributed by atoms with Gasteiger partial charge in [0.15, 0.2) is 0 Å². The Balaban J connectivity index is 1.65. The van der Waals surface area contributed by atoms with E-state index >= 15 is 0 Å². The van der Waals surface area contributed by atoms with Crippen LogP contribution in [0.15, 0.2) is 64.2 Å². The molecule has 2 N–H and O–H groups in total. The number of non-ortho nitro benzene ring substituents is 1. The summed E-state index contributed by atoms with van der Waals surface area (Å²) in [4.78, 5) is 34.0. The Hall–Kier alpha value is -3.79. The van der Waals surface area contributed by atoms with Crippen molar-refractivity contribution in [2.45, 2.75) is 13.8 Å². The van der Waals surface area contributed by atoms with E-state index in [1.54, 1.807) is 0 Å². The van der Waals surface area contributed by atoms with Crippen molar-refractivity contribution < 1.29 is 14.5 Å². The Bertz CT molecular complexity index is 1180. The van der Waals surface area contributed by atoms with Crippen LogP contribution in [-0.2, 0) is 9.59 Å². The molecule has 31 heavy (non-hydrogen) atoms. The molecular weight excluding hydrogens is 466 g/mol. The van der Waals surface area contributed by atoms with E-state index in [2.05, 4.69) is 36.3 Å². The van der Waals surface area contributed by atoms with Gasteiger partial charge in [0.1, 0.15) is 0 Å². The molecular formula is C21H18BrN5O4. The average Bonchev–Trinajstić information content (AvgIpc) is 3.01. The summed E-state index contributed by atoms with van der Waals surface area (Å²) < 4.78 is 3.01. The van der Waals surface area contributed by atoms with Gasteiger partial charge in [-0.25, -0.2) is 5.43 Å². The molecule has 0 aliphatic rings. The number of nitro benzene ring substituents is 1. The summed E-state index contributed by atoms with van der Waals surface area (Å²) >= 11 is 3.47. The number of nitrogens with one attached hydrogen (secondary N) is 2. The molecule has 0 aliphatic carbocycles. The topological polar surface area (TPSA) is 119 Å². The van der Waals surface area contributed by atoms with Crippen molar-refractivity contribution in [2.75, 3.05) is 5.32 Å². The Morgan fingerprint density at radius 2 is 1.81 bits per heavy atom. The van der Waals surface area contributed by atoms with Crippen LogP contribution >= 0.6 is 15.9 Å². The maximum Gasteiger partial charge on any atom is 0.329 e. The molecule has 0 radical (unpaired) electrons. The minimum Gasteiger partial charge on any atom is -0.318 e. The lowest BCUT2D eigenvalue weighted by Crippen LogP contribution is -2.32. The van der Waals surface area contributed by atoms with Crippen LogP contribution in [0.2, 0.25) is 0 Å². The zero-order valence-corrected chi connectivity index (χ0v) is 18.2. The van der Waals surface area contributed by atoms with Gasteiger partial charge in [-0.1, -0.05) is 22.0 Å². The number of hydrogen-bond donors (Lipinski definition) is 2. The number of hydrazone groups is 1. The summed E-state index contributed by atoms with van der Waals surface area (Å²) in [6.45, 7) is 3.89. The van der Waals surface area contributed by atoms with Gasteiger partial charge in [-0.05, 0) is 50.2 Å². The first-order chi connectivity index (χ1) is 14.8. The van der Waals surface area contributed by atoms with Crippen molar-refractivity contribution in [1.29, 1.82) is 0 Å². The molecule has 2 amide bonds. The minimum absolute atomic E-state index is 0.118. The highest BCUT2D eigenvalue weighted by molar-refractivity contribution is 9.10. The molecule has 0 atom stereocenters. The van der Waals surface area contributed by atoms with Gasteiger partial charge in [-0.2, -0.15) is 5.10 Å². The fourth-order valence-corrected chi connectivity index (χ4v) is 3.38. The van der Waals surface area contributed by atoms with Crippen LogP contribution in [0.4, 0.5) is 11.4 Å². The summed E-state index contributed by atoms with van der Waals surface area (Å²) in [5.41, 5.74) is 5.99. The standard InChI is InChI=1S/C21H18BrN5O4/c1-13-10-15(14(2)26(13)19-5-3-4-16(22)11-19)12-23-25-21(29)20(28)24-17-6-8-18(9-7-17)27(30)31/h3-12H,1-2H3,(H,24,28)(H,25,29)/b23-12+. The number of anilines is 1. The lowest BCUT2D eigenvalue weighted by Gasteiger charge is -2.09. The number of amides is 2. The van der Waals surface area contributed by atoms with E-state index in [9.17, 15) is 19.7 Å². The molecule has 0 bridgehead atoms. The van der Waals surface area contributed by atoms with Crippen LogP contribution in [0.5, 0.6) is 0 Å². The number of hydrogen-bond acceptors (Lipinski definition) is 5. The van der Waals surface area contributed by atoms with Crippen LogP contribution in [0.25, 0.3) is 5.69 Å². The Kier molecular flexibility index (Phi) is 6.61. The predicted octanol–water partition coefficient (Wildman–Crippen LogP) is 3.85. The number of aryl methyl sites for hydroxylation is 1. The second kappa shape index (κ2) is 9.35. The fourth-order valence-electron chi connectivity index (χ4n) is 3.00. The highest BCUT2D eigenvalue weighted by Crippen LogP contribution is 2.22. The number of benzene rings is 2. The largest absolute Gasteiger partial charge is 0.329 e. The summed E-state index contributed by atoms with van der Waals surface area (Å²) in [7, 11) is 0. The van der Waals surface area contributed by atoms with E-state index in [-0.39, 0.29) is 11.4 Å². The second-order valence-electron chi connectivity index (χ2n) is 6.60. The van der Waals surface area contributed by atoms with Crippen LogP contribution in [0.3, 0.4) is 0 Å². The van der Waals surface area contributed by atoms with Crippen molar-refractivity contribution in [3.8, 4) is 5.69 Å². The van der Waals surface area contributed by atoms with Crippen molar-refractivity contribution in [3.05, 3.63) is 86.1 Å². The lowest BCUT2D eigenvalue weighted by molar-refractivity contribution is -0.384. The molecule has 3 rings (SSSR count). The first-order valence-electron chi connectivity index (χ1n) is 9.10. The maximum absolute atomic E-state index is 12.0. The fraction of sp³-hybridized carbons (Fsp3) is 0.0952. The van der Waals surface area contributed by atoms with Crippen LogP contribution in [-0.4, -0.2) is 27.5 Å². The molecule has 3 aromatic rings. The molecule has 1 heterocycles. The molecule has 10 heteroatoms. The van der Waals surface area contributed by atoms with E-state index in [1.807, 2.05) is 44.2 Å². The van der Waals surface area contributed by atoms with Gasteiger partial charge in [0.05, 0.1) is 11.1 Å². The number of carbonyl (C=O) groups excluding carboxylic acids is 2. The summed E-state index contributed by atoms with van der Waals surface area (Å²) in [6.07, 6.45) is 1.47. The summed E-state index contributed by atoms with van der Waals surface area (Å²) in [5.74, 6) is -1.90. The minimum atomic E-state index is -0.963. The number of rotatable bonds is 5. The second-order valence-corrected chi connectivity index (χ2v) is 7.51. The molecule has 9 nitrogen and oxygen atoms in total. The zero-order valence-electron chi connectivity index (χ0n) is 16.6. The van der Waals surface area contributed by atoms with Crippen molar-refractivity contribution >= 4 is 45.3 Å². The van der Waals surface area contributed by atoms with E-state index < -0.39 is 16.7 Å². The quantitative estimate of drug-likeness (QED) is 0.248. The van der Waals surface area contributed by atoms with Crippen LogP contribution in [0.1, 0.15) is 17.0 Å². The third-order valence-corrected chi connectivity index (χ3v) is 4.94. The molecule has 0 fully saturated rings. The molecule has 158 valence electrons. The van der Waals surface area contributed by atoms with Gasteiger partial charge in [-0.3, -0.25) is 19.7 Å². The highest BCUT2D eigenvalue weighted by atomic mass is 79.9. The smallest absolute Gasteiger partial charge is 0.318 e. The van der Waals surface area contributed by atoms with Crippen LogP contribution in [0, 0.1) is 24.0 Å². The Morgan fingerprint density at radius 3 is 2.45 bits per heavy atom. The number of nitro groups is 1.